The zero-order valence-corrected chi connectivity index (χ0v) is 11.8. The molecule has 0 radical (unpaired) electrons. The molecule has 0 aliphatic carbocycles. The molecule has 2 rings (SSSR count). The molecule has 1 amide bonds. The highest BCUT2D eigenvalue weighted by Gasteiger charge is 2.27. The van der Waals surface area contributed by atoms with Gasteiger partial charge in [0.25, 0.3) is 0 Å². The first-order valence-electron chi connectivity index (χ1n) is 6.21. The average Bonchev–Trinajstić information content (AvgIpc) is 2.41. The van der Waals surface area contributed by atoms with Gasteiger partial charge in [0.15, 0.2) is 0 Å². The molecule has 0 bridgehead atoms. The lowest BCUT2D eigenvalue weighted by Crippen LogP contribution is -2.47. The lowest BCUT2D eigenvalue weighted by molar-refractivity contribution is -0.122. The Morgan fingerprint density at radius 1 is 1.43 bits per heavy atom. The maximum absolute atomic E-state index is 12.3. The van der Waals surface area contributed by atoms with Crippen LogP contribution in [-0.2, 0) is 14.8 Å². The highest BCUT2D eigenvalue weighted by atomic mass is 32.2. The van der Waals surface area contributed by atoms with Crippen molar-refractivity contribution >= 4 is 27.6 Å². The minimum absolute atomic E-state index is 0.138. The number of carbonyl (C=O) groups is 2. The number of rotatable bonds is 4. The van der Waals surface area contributed by atoms with E-state index < -0.39 is 22.0 Å². The Morgan fingerprint density at radius 2 is 2.14 bits per heavy atom. The highest BCUT2D eigenvalue weighted by Crippen LogP contribution is 2.20. The molecule has 1 unspecified atom stereocenters. The van der Waals surface area contributed by atoms with Gasteiger partial charge in [0.05, 0.1) is 10.5 Å². The van der Waals surface area contributed by atoms with Crippen LogP contribution in [0.2, 0.25) is 0 Å². The van der Waals surface area contributed by atoms with Crippen molar-refractivity contribution in [2.45, 2.75) is 23.8 Å². The summed E-state index contributed by atoms with van der Waals surface area (Å²) in [6.07, 6.45) is 0.575. The van der Waals surface area contributed by atoms with E-state index in [2.05, 4.69) is 10.0 Å². The number of carbonyl (C=O) groups excluding carboxylic acids is 1. The third kappa shape index (κ3) is 3.50. The van der Waals surface area contributed by atoms with E-state index in [0.29, 0.717) is 6.42 Å². The van der Waals surface area contributed by atoms with E-state index in [9.17, 15) is 18.0 Å². The molecule has 8 nitrogen and oxygen atoms in total. The standard InChI is InChI=1S/C12H15N3O5S/c13-7-1-3-9(12(17)18)10(5-7)21(19,20)15-8-2-4-11(16)14-6-8/h1,3,5,8,15H,2,4,6,13H2,(H,14,16)(H,17,18). The molecule has 1 fully saturated rings. The summed E-state index contributed by atoms with van der Waals surface area (Å²) in [6, 6.07) is 3.10. The van der Waals surface area contributed by atoms with Crippen LogP contribution < -0.4 is 15.8 Å². The molecule has 1 heterocycles. The summed E-state index contributed by atoms with van der Waals surface area (Å²) in [5.41, 5.74) is 5.33. The first kappa shape index (κ1) is 15.3. The Kier molecular flexibility index (Phi) is 4.14. The number of nitrogens with one attached hydrogen (secondary N) is 2. The number of amides is 1. The number of nitrogens with two attached hydrogens (primary N) is 1. The van der Waals surface area contributed by atoms with Crippen LogP contribution in [0.1, 0.15) is 23.2 Å². The van der Waals surface area contributed by atoms with Gasteiger partial charge in [-0.2, -0.15) is 0 Å². The molecule has 5 N–H and O–H groups in total. The van der Waals surface area contributed by atoms with Gasteiger partial charge in [0, 0.05) is 24.7 Å². The Morgan fingerprint density at radius 3 is 2.71 bits per heavy atom. The molecule has 0 saturated carbocycles. The summed E-state index contributed by atoms with van der Waals surface area (Å²) >= 11 is 0. The number of hydrogen-bond acceptors (Lipinski definition) is 5. The van der Waals surface area contributed by atoms with Gasteiger partial charge < -0.3 is 16.2 Å². The van der Waals surface area contributed by atoms with Crippen molar-refractivity contribution < 1.29 is 23.1 Å². The minimum atomic E-state index is -4.04. The van der Waals surface area contributed by atoms with Gasteiger partial charge in [-0.25, -0.2) is 17.9 Å². The second-order valence-corrected chi connectivity index (χ2v) is 6.40. The lowest BCUT2D eigenvalue weighted by atomic mass is 10.1. The fourth-order valence-electron chi connectivity index (χ4n) is 2.05. The fourth-order valence-corrected chi connectivity index (χ4v) is 3.56. The maximum Gasteiger partial charge on any atom is 0.337 e. The molecule has 1 aromatic rings. The number of hydrogen-bond donors (Lipinski definition) is 4. The number of nitrogen functional groups attached to an aromatic ring is 1. The van der Waals surface area contributed by atoms with E-state index in [1.807, 2.05) is 0 Å². The van der Waals surface area contributed by atoms with Crippen LogP contribution in [0.4, 0.5) is 5.69 Å². The molecule has 1 aliphatic rings. The molecule has 0 spiro atoms. The Balaban J connectivity index is 2.29. The van der Waals surface area contributed by atoms with Crippen molar-refractivity contribution in [3.05, 3.63) is 23.8 Å². The highest BCUT2D eigenvalue weighted by molar-refractivity contribution is 7.89. The van der Waals surface area contributed by atoms with Crippen LogP contribution >= 0.6 is 0 Å². The lowest BCUT2D eigenvalue weighted by Gasteiger charge is -2.23. The average molecular weight is 313 g/mol. The Hall–Kier alpha value is -2.13. The van der Waals surface area contributed by atoms with Crippen LogP contribution in [0.15, 0.2) is 23.1 Å². The number of benzene rings is 1. The normalized spacial score (nSPS) is 19.0. The van der Waals surface area contributed by atoms with Gasteiger partial charge in [-0.05, 0) is 24.6 Å². The zero-order chi connectivity index (χ0) is 15.6. The molecule has 114 valence electrons. The van der Waals surface area contributed by atoms with Gasteiger partial charge in [-0.15, -0.1) is 0 Å². The van der Waals surface area contributed by atoms with E-state index in [1.165, 1.54) is 6.07 Å². The van der Waals surface area contributed by atoms with Crippen molar-refractivity contribution in [2.24, 2.45) is 0 Å². The van der Waals surface area contributed by atoms with Crippen LogP contribution in [0, 0.1) is 0 Å². The smallest absolute Gasteiger partial charge is 0.337 e. The number of piperidine rings is 1. The maximum atomic E-state index is 12.3. The van der Waals surface area contributed by atoms with Crippen molar-refractivity contribution in [3.63, 3.8) is 0 Å². The van der Waals surface area contributed by atoms with Crippen molar-refractivity contribution in [1.29, 1.82) is 0 Å². The van der Waals surface area contributed by atoms with E-state index in [-0.39, 0.29) is 35.0 Å². The molecular formula is C12H15N3O5S. The topological polar surface area (TPSA) is 139 Å². The quantitative estimate of drug-likeness (QED) is 0.554. The number of carboxylic acid groups (broad SMARTS) is 1. The first-order valence-corrected chi connectivity index (χ1v) is 7.70. The van der Waals surface area contributed by atoms with Crippen LogP contribution in [0.25, 0.3) is 0 Å². The van der Waals surface area contributed by atoms with Gasteiger partial charge in [0.1, 0.15) is 0 Å². The Labute approximate surface area is 121 Å². The molecular weight excluding hydrogens is 298 g/mol. The Bertz CT molecular complexity index is 676. The van der Waals surface area contributed by atoms with E-state index >= 15 is 0 Å². The molecule has 1 saturated heterocycles. The third-order valence-electron chi connectivity index (χ3n) is 3.11. The minimum Gasteiger partial charge on any atom is -0.478 e. The summed E-state index contributed by atoms with van der Waals surface area (Å²) in [7, 11) is -4.04. The van der Waals surface area contributed by atoms with Crippen LogP contribution in [0.3, 0.4) is 0 Å². The first-order chi connectivity index (χ1) is 9.79. The predicted molar refractivity (Wildman–Crippen MR) is 74.2 cm³/mol. The van der Waals surface area contributed by atoms with E-state index in [4.69, 9.17) is 10.8 Å². The molecule has 21 heavy (non-hydrogen) atoms. The van der Waals surface area contributed by atoms with Gasteiger partial charge >= 0.3 is 5.97 Å². The SMILES string of the molecule is Nc1ccc(C(=O)O)c(S(=O)(=O)NC2CCC(=O)NC2)c1. The number of aromatic carboxylic acids is 1. The summed E-state index contributed by atoms with van der Waals surface area (Å²) in [4.78, 5) is 21.8. The summed E-state index contributed by atoms with van der Waals surface area (Å²) in [5.74, 6) is -1.49. The second-order valence-electron chi connectivity index (χ2n) is 4.72. The number of sulfonamides is 1. The molecule has 9 heteroatoms. The van der Waals surface area contributed by atoms with E-state index in [0.717, 1.165) is 12.1 Å². The van der Waals surface area contributed by atoms with E-state index in [1.54, 1.807) is 0 Å². The van der Waals surface area contributed by atoms with Crippen LogP contribution in [-0.4, -0.2) is 38.0 Å². The van der Waals surface area contributed by atoms with Crippen LogP contribution in [0.5, 0.6) is 0 Å². The zero-order valence-electron chi connectivity index (χ0n) is 11.0. The predicted octanol–water partition coefficient (Wildman–Crippen LogP) is -0.476. The van der Waals surface area contributed by atoms with Crippen molar-refractivity contribution in [1.82, 2.24) is 10.0 Å². The number of anilines is 1. The van der Waals surface area contributed by atoms with Crippen molar-refractivity contribution in [3.8, 4) is 0 Å². The molecule has 1 aromatic carbocycles. The monoisotopic (exact) mass is 313 g/mol. The fraction of sp³-hybridized carbons (Fsp3) is 0.333. The summed E-state index contributed by atoms with van der Waals surface area (Å²) in [5, 5.41) is 11.6. The van der Waals surface area contributed by atoms with Gasteiger partial charge in [0.2, 0.25) is 15.9 Å². The molecule has 1 aliphatic heterocycles. The summed E-state index contributed by atoms with van der Waals surface area (Å²) < 4.78 is 27.0. The summed E-state index contributed by atoms with van der Waals surface area (Å²) in [6.45, 7) is 0.169. The van der Waals surface area contributed by atoms with Crippen molar-refractivity contribution in [2.75, 3.05) is 12.3 Å². The largest absolute Gasteiger partial charge is 0.478 e. The second kappa shape index (κ2) is 5.70. The van der Waals surface area contributed by atoms with Gasteiger partial charge in [-0.1, -0.05) is 0 Å². The molecule has 1 atom stereocenters. The molecule has 0 aromatic heterocycles. The number of carboxylic acids is 1. The van der Waals surface area contributed by atoms with Gasteiger partial charge in [-0.3, -0.25) is 4.79 Å². The third-order valence-corrected chi connectivity index (χ3v) is 4.67.